The third kappa shape index (κ3) is 4.14. The molecule has 0 spiro atoms. The van der Waals surface area contributed by atoms with Crippen molar-refractivity contribution in [1.82, 2.24) is 0 Å². The molecule has 1 aromatic rings. The Hall–Kier alpha value is -1.16. The van der Waals surface area contributed by atoms with Crippen LogP contribution in [0.4, 0.5) is 0 Å². The van der Waals surface area contributed by atoms with Gasteiger partial charge in [-0.2, -0.15) is 0 Å². The van der Waals surface area contributed by atoms with Crippen molar-refractivity contribution in [3.63, 3.8) is 0 Å². The predicted octanol–water partition coefficient (Wildman–Crippen LogP) is 1.89. The van der Waals surface area contributed by atoms with E-state index in [-0.39, 0.29) is 17.6 Å². The molecule has 2 unspecified atom stereocenters. The summed E-state index contributed by atoms with van der Waals surface area (Å²) in [4.78, 5) is 11.0. The summed E-state index contributed by atoms with van der Waals surface area (Å²) >= 11 is 0. The first-order chi connectivity index (χ1) is 7.63. The van der Waals surface area contributed by atoms with Crippen LogP contribution in [0.5, 0.6) is 0 Å². The lowest BCUT2D eigenvalue weighted by molar-refractivity contribution is -0.140. The molecule has 0 radical (unpaired) electrons. The summed E-state index contributed by atoms with van der Waals surface area (Å²) in [5.74, 6) is 0.174. The van der Waals surface area contributed by atoms with Gasteiger partial charge in [-0.15, -0.1) is 0 Å². The Morgan fingerprint density at radius 1 is 1.38 bits per heavy atom. The zero-order valence-corrected chi connectivity index (χ0v) is 10.3. The van der Waals surface area contributed by atoms with Crippen LogP contribution in [0.3, 0.4) is 0 Å². The van der Waals surface area contributed by atoms with Crippen LogP contribution in [0, 0.1) is 0 Å². The summed E-state index contributed by atoms with van der Waals surface area (Å²) in [6.45, 7) is 1.80. The molecule has 0 fully saturated rings. The topological polar surface area (TPSA) is 43.4 Å². The third-order valence-electron chi connectivity index (χ3n) is 2.28. The Morgan fingerprint density at radius 3 is 2.56 bits per heavy atom. The van der Waals surface area contributed by atoms with Crippen molar-refractivity contribution < 1.29 is 13.7 Å². The molecule has 0 amide bonds. The smallest absolute Gasteiger partial charge is 0.306 e. The van der Waals surface area contributed by atoms with E-state index < -0.39 is 10.8 Å². The first kappa shape index (κ1) is 12.9. The number of carbonyl (C=O) groups is 1. The first-order valence-electron chi connectivity index (χ1n) is 5.11. The monoisotopic (exact) mass is 240 g/mol. The highest BCUT2D eigenvalue weighted by Crippen LogP contribution is 2.09. The molecule has 0 heterocycles. The van der Waals surface area contributed by atoms with Crippen LogP contribution in [0.15, 0.2) is 30.3 Å². The standard InChI is InChI=1S/C12H16O3S/c1-10(8-12(13)15-2)16(14)9-11-6-4-3-5-7-11/h3-7,10H,8-9H2,1-2H3. The van der Waals surface area contributed by atoms with Crippen molar-refractivity contribution in [2.75, 3.05) is 7.11 Å². The molecule has 0 aliphatic heterocycles. The fourth-order valence-electron chi connectivity index (χ4n) is 1.29. The van der Waals surface area contributed by atoms with Crippen molar-refractivity contribution in [1.29, 1.82) is 0 Å². The van der Waals surface area contributed by atoms with Gasteiger partial charge in [0.25, 0.3) is 0 Å². The summed E-state index contributed by atoms with van der Waals surface area (Å²) < 4.78 is 16.4. The van der Waals surface area contributed by atoms with Crippen molar-refractivity contribution in [3.05, 3.63) is 35.9 Å². The SMILES string of the molecule is COC(=O)CC(C)S(=O)Cc1ccccc1. The number of hydrogen-bond donors (Lipinski definition) is 0. The number of hydrogen-bond acceptors (Lipinski definition) is 3. The molecule has 0 aliphatic carbocycles. The summed E-state index contributed by atoms with van der Waals surface area (Å²) in [6, 6.07) is 9.62. The van der Waals surface area contributed by atoms with Crippen LogP contribution in [0.25, 0.3) is 0 Å². The van der Waals surface area contributed by atoms with E-state index >= 15 is 0 Å². The average Bonchev–Trinajstić information content (AvgIpc) is 2.30. The van der Waals surface area contributed by atoms with Crippen molar-refractivity contribution in [3.8, 4) is 0 Å². The molecule has 16 heavy (non-hydrogen) atoms. The summed E-state index contributed by atoms with van der Waals surface area (Å²) in [5, 5.41) is -0.173. The minimum absolute atomic E-state index is 0.173. The van der Waals surface area contributed by atoms with E-state index in [4.69, 9.17) is 0 Å². The van der Waals surface area contributed by atoms with Crippen molar-refractivity contribution in [2.24, 2.45) is 0 Å². The van der Waals surface area contributed by atoms with Gasteiger partial charge in [-0.1, -0.05) is 37.3 Å². The lowest BCUT2D eigenvalue weighted by atomic mass is 10.2. The highest BCUT2D eigenvalue weighted by Gasteiger charge is 2.15. The van der Waals surface area contributed by atoms with Crippen LogP contribution in [0.1, 0.15) is 18.9 Å². The third-order valence-corrected chi connectivity index (χ3v) is 3.96. The second kappa shape index (κ2) is 6.43. The number of esters is 1. The molecule has 88 valence electrons. The minimum atomic E-state index is -1.04. The second-order valence-corrected chi connectivity index (χ2v) is 5.46. The van der Waals surface area contributed by atoms with E-state index in [1.165, 1.54) is 7.11 Å². The van der Waals surface area contributed by atoms with Crippen LogP contribution >= 0.6 is 0 Å². The maximum atomic E-state index is 11.9. The fourth-order valence-corrected chi connectivity index (χ4v) is 2.42. The molecule has 0 saturated heterocycles. The summed E-state index contributed by atoms with van der Waals surface area (Å²) in [5.41, 5.74) is 1.03. The quantitative estimate of drug-likeness (QED) is 0.738. The van der Waals surface area contributed by atoms with E-state index in [1.807, 2.05) is 30.3 Å². The zero-order chi connectivity index (χ0) is 12.0. The molecule has 4 heteroatoms. The van der Waals surface area contributed by atoms with Gasteiger partial charge in [-0.3, -0.25) is 9.00 Å². The number of ether oxygens (including phenoxy) is 1. The minimum Gasteiger partial charge on any atom is -0.469 e. The van der Waals surface area contributed by atoms with Gasteiger partial charge in [-0.05, 0) is 5.56 Å². The van der Waals surface area contributed by atoms with E-state index in [1.54, 1.807) is 6.92 Å². The Kier molecular flexibility index (Phi) is 5.19. The molecule has 0 saturated carbocycles. The predicted molar refractivity (Wildman–Crippen MR) is 64.4 cm³/mol. The van der Waals surface area contributed by atoms with Gasteiger partial charge in [0, 0.05) is 21.8 Å². The van der Waals surface area contributed by atoms with E-state index in [2.05, 4.69) is 4.74 Å². The number of rotatable bonds is 5. The van der Waals surface area contributed by atoms with Gasteiger partial charge < -0.3 is 4.74 Å². The molecular weight excluding hydrogens is 224 g/mol. The second-order valence-electron chi connectivity index (χ2n) is 3.60. The molecule has 1 aromatic carbocycles. The highest BCUT2D eigenvalue weighted by atomic mass is 32.2. The van der Waals surface area contributed by atoms with Crippen molar-refractivity contribution >= 4 is 16.8 Å². The van der Waals surface area contributed by atoms with Gasteiger partial charge in [0.15, 0.2) is 0 Å². The number of carbonyl (C=O) groups excluding carboxylic acids is 1. The van der Waals surface area contributed by atoms with Gasteiger partial charge in [0.1, 0.15) is 0 Å². The molecule has 0 N–H and O–H groups in total. The normalized spacial score (nSPS) is 14.1. The van der Waals surface area contributed by atoms with Crippen LogP contribution in [-0.2, 0) is 26.1 Å². The van der Waals surface area contributed by atoms with Gasteiger partial charge >= 0.3 is 5.97 Å². The fraction of sp³-hybridized carbons (Fsp3) is 0.417. The van der Waals surface area contributed by atoms with Gasteiger partial charge in [-0.25, -0.2) is 0 Å². The van der Waals surface area contributed by atoms with E-state index in [9.17, 15) is 9.00 Å². The highest BCUT2D eigenvalue weighted by molar-refractivity contribution is 7.84. The largest absolute Gasteiger partial charge is 0.469 e. The maximum absolute atomic E-state index is 11.9. The lowest BCUT2D eigenvalue weighted by Gasteiger charge is -2.09. The van der Waals surface area contributed by atoms with Crippen LogP contribution < -0.4 is 0 Å². The van der Waals surface area contributed by atoms with E-state index in [0.29, 0.717) is 5.75 Å². The van der Waals surface area contributed by atoms with Crippen LogP contribution in [-0.4, -0.2) is 22.5 Å². The number of methoxy groups -OCH3 is 1. The maximum Gasteiger partial charge on any atom is 0.306 e. The van der Waals surface area contributed by atoms with E-state index in [0.717, 1.165) is 5.56 Å². The summed E-state index contributed by atoms with van der Waals surface area (Å²) in [6.07, 6.45) is 0.204. The lowest BCUT2D eigenvalue weighted by Crippen LogP contribution is -2.18. The molecule has 2 atom stereocenters. The Balaban J connectivity index is 2.49. The van der Waals surface area contributed by atoms with Crippen molar-refractivity contribution in [2.45, 2.75) is 24.3 Å². The molecule has 3 nitrogen and oxygen atoms in total. The molecule has 1 rings (SSSR count). The number of benzene rings is 1. The Bertz CT molecular complexity index is 362. The molecule has 0 aromatic heterocycles. The van der Waals surface area contributed by atoms with Crippen LogP contribution in [0.2, 0.25) is 0 Å². The Morgan fingerprint density at radius 2 is 2.00 bits per heavy atom. The van der Waals surface area contributed by atoms with Gasteiger partial charge in [0.05, 0.1) is 13.5 Å². The zero-order valence-electron chi connectivity index (χ0n) is 9.51. The molecule has 0 aliphatic rings. The molecule has 0 bridgehead atoms. The molecular formula is C12H16O3S. The first-order valence-corrected chi connectivity index (χ1v) is 6.49. The summed E-state index contributed by atoms with van der Waals surface area (Å²) in [7, 11) is 0.304. The average molecular weight is 240 g/mol. The van der Waals surface area contributed by atoms with Gasteiger partial charge in [0.2, 0.25) is 0 Å². The Labute approximate surface area is 98.3 Å².